The van der Waals surface area contributed by atoms with Crippen LogP contribution in [-0.2, 0) is 13.6 Å². The normalized spacial score (nSPS) is 11.6. The van der Waals surface area contributed by atoms with E-state index in [1.807, 2.05) is 0 Å². The fourth-order valence-corrected chi connectivity index (χ4v) is 1.83. The average Bonchev–Trinajstić information content (AvgIpc) is 2.95. The van der Waals surface area contributed by atoms with Crippen molar-refractivity contribution in [2.24, 2.45) is 7.05 Å². The second-order valence-corrected chi connectivity index (χ2v) is 4.46. The molecule has 0 saturated heterocycles. The summed E-state index contributed by atoms with van der Waals surface area (Å²) in [4.78, 5) is 12.8. The number of aryl methyl sites for hydroxylation is 1. The molecule has 2 N–H and O–H groups in total. The number of nitrogens with zero attached hydrogens (tertiary/aromatic N) is 3. The van der Waals surface area contributed by atoms with Crippen LogP contribution < -0.4 is 5.73 Å². The maximum absolute atomic E-state index is 12.6. The van der Waals surface area contributed by atoms with Gasteiger partial charge in [0, 0.05) is 13.2 Å². The van der Waals surface area contributed by atoms with E-state index in [9.17, 15) is 18.0 Å². The Hall–Kier alpha value is -2.45. The van der Waals surface area contributed by atoms with Gasteiger partial charge in [0.2, 0.25) is 0 Å². The highest BCUT2D eigenvalue weighted by atomic mass is 19.4. The molecule has 2 rings (SSSR count). The molecule has 2 aromatic rings. The summed E-state index contributed by atoms with van der Waals surface area (Å²) in [6.07, 6.45) is -1.86. The van der Waals surface area contributed by atoms with Crippen molar-refractivity contribution < 1.29 is 22.4 Å². The number of furan rings is 1. The van der Waals surface area contributed by atoms with Crippen molar-refractivity contribution in [2.75, 3.05) is 12.3 Å². The highest BCUT2D eigenvalue weighted by Gasteiger charge is 2.35. The summed E-state index contributed by atoms with van der Waals surface area (Å²) in [7, 11) is 1.52. The van der Waals surface area contributed by atoms with Crippen LogP contribution in [0, 0.1) is 0 Å². The predicted molar refractivity (Wildman–Crippen MR) is 67.1 cm³/mol. The molecule has 1 amide bonds. The molecule has 0 unspecified atom stereocenters. The zero-order valence-corrected chi connectivity index (χ0v) is 11.1. The van der Waals surface area contributed by atoms with Gasteiger partial charge in [-0.05, 0) is 12.1 Å². The van der Waals surface area contributed by atoms with Gasteiger partial charge in [-0.2, -0.15) is 18.3 Å². The van der Waals surface area contributed by atoms with E-state index in [0.29, 0.717) is 4.90 Å². The molecule has 2 aromatic heterocycles. The molecule has 0 spiro atoms. The van der Waals surface area contributed by atoms with Crippen LogP contribution in [0.25, 0.3) is 0 Å². The second kappa shape index (κ2) is 5.51. The third kappa shape index (κ3) is 3.77. The van der Waals surface area contributed by atoms with Crippen molar-refractivity contribution in [3.05, 3.63) is 36.0 Å². The quantitative estimate of drug-likeness (QED) is 0.934. The van der Waals surface area contributed by atoms with Gasteiger partial charge in [0.15, 0.2) is 5.69 Å². The van der Waals surface area contributed by atoms with Crippen molar-refractivity contribution in [3.8, 4) is 0 Å². The van der Waals surface area contributed by atoms with E-state index < -0.39 is 18.6 Å². The molecule has 0 radical (unpaired) electrons. The number of alkyl halides is 3. The first-order valence-corrected chi connectivity index (χ1v) is 5.94. The van der Waals surface area contributed by atoms with Crippen LogP contribution in [-0.4, -0.2) is 33.3 Å². The Morgan fingerprint density at radius 2 is 2.24 bits per heavy atom. The molecule has 6 nitrogen and oxygen atoms in total. The number of aromatic nitrogens is 2. The molecule has 2 heterocycles. The van der Waals surface area contributed by atoms with Gasteiger partial charge < -0.3 is 15.1 Å². The molecule has 0 bridgehead atoms. The molecular formula is C12H13F3N4O2. The number of rotatable bonds is 4. The van der Waals surface area contributed by atoms with E-state index in [1.54, 1.807) is 0 Å². The fourth-order valence-electron chi connectivity index (χ4n) is 1.83. The first kappa shape index (κ1) is 14.9. The lowest BCUT2D eigenvalue weighted by molar-refractivity contribution is -0.142. The molecule has 21 heavy (non-hydrogen) atoms. The number of amides is 1. The van der Waals surface area contributed by atoms with Crippen LogP contribution in [0.1, 0.15) is 16.2 Å². The van der Waals surface area contributed by atoms with Crippen LogP contribution in [0.5, 0.6) is 0 Å². The van der Waals surface area contributed by atoms with Gasteiger partial charge in [-0.3, -0.25) is 9.48 Å². The number of hydrogen-bond donors (Lipinski definition) is 1. The van der Waals surface area contributed by atoms with Crippen LogP contribution in [0.4, 0.5) is 18.9 Å². The summed E-state index contributed by atoms with van der Waals surface area (Å²) in [5, 5.41) is 3.79. The maximum Gasteiger partial charge on any atom is 0.406 e. The smallest absolute Gasteiger partial charge is 0.406 e. The van der Waals surface area contributed by atoms with Crippen molar-refractivity contribution in [1.82, 2.24) is 14.7 Å². The minimum atomic E-state index is -4.54. The molecule has 0 saturated carbocycles. The molecule has 0 aliphatic carbocycles. The summed E-state index contributed by atoms with van der Waals surface area (Å²) in [6.45, 7) is -1.73. The van der Waals surface area contributed by atoms with E-state index in [1.165, 1.54) is 36.3 Å². The maximum atomic E-state index is 12.6. The molecule has 0 aliphatic rings. The number of halogens is 3. The lowest BCUT2D eigenvalue weighted by atomic mass is 10.3. The number of hydrogen-bond acceptors (Lipinski definition) is 4. The van der Waals surface area contributed by atoms with Crippen molar-refractivity contribution in [2.45, 2.75) is 12.7 Å². The molecule has 0 fully saturated rings. The van der Waals surface area contributed by atoms with E-state index in [0.717, 1.165) is 0 Å². The molecule has 0 aliphatic heterocycles. The number of nitrogens with two attached hydrogens (primary N) is 1. The van der Waals surface area contributed by atoms with Crippen LogP contribution in [0.2, 0.25) is 0 Å². The van der Waals surface area contributed by atoms with Gasteiger partial charge in [0.25, 0.3) is 5.91 Å². The SMILES string of the molecule is Cn1cc(N)c(C(=O)N(Cc2ccco2)CC(F)(F)F)n1. The van der Waals surface area contributed by atoms with Crippen LogP contribution in [0.3, 0.4) is 0 Å². The fraction of sp³-hybridized carbons (Fsp3) is 0.333. The number of carbonyl (C=O) groups is 1. The third-order valence-corrected chi connectivity index (χ3v) is 2.64. The number of anilines is 1. The monoisotopic (exact) mass is 302 g/mol. The summed E-state index contributed by atoms with van der Waals surface area (Å²) in [5.41, 5.74) is 5.39. The Morgan fingerprint density at radius 1 is 1.52 bits per heavy atom. The van der Waals surface area contributed by atoms with Crippen molar-refractivity contribution in [1.29, 1.82) is 0 Å². The van der Waals surface area contributed by atoms with Gasteiger partial charge in [-0.1, -0.05) is 0 Å². The predicted octanol–water partition coefficient (Wildman–Crippen LogP) is 1.80. The summed E-state index contributed by atoms with van der Waals surface area (Å²) < 4.78 is 44.2. The van der Waals surface area contributed by atoms with Gasteiger partial charge in [0.1, 0.15) is 12.3 Å². The van der Waals surface area contributed by atoms with Crippen LogP contribution >= 0.6 is 0 Å². The van der Waals surface area contributed by atoms with Crippen molar-refractivity contribution in [3.63, 3.8) is 0 Å². The van der Waals surface area contributed by atoms with E-state index in [-0.39, 0.29) is 23.7 Å². The zero-order chi connectivity index (χ0) is 15.6. The number of nitrogen functional groups attached to an aromatic ring is 1. The Bertz CT molecular complexity index is 619. The second-order valence-electron chi connectivity index (χ2n) is 4.46. The molecular weight excluding hydrogens is 289 g/mol. The summed E-state index contributed by atoms with van der Waals surface area (Å²) >= 11 is 0. The largest absolute Gasteiger partial charge is 0.467 e. The van der Waals surface area contributed by atoms with Crippen molar-refractivity contribution >= 4 is 11.6 Å². The zero-order valence-electron chi connectivity index (χ0n) is 11.1. The highest BCUT2D eigenvalue weighted by molar-refractivity contribution is 5.97. The first-order valence-electron chi connectivity index (χ1n) is 5.94. The van der Waals surface area contributed by atoms with Gasteiger partial charge in [-0.15, -0.1) is 0 Å². The molecule has 9 heteroatoms. The average molecular weight is 302 g/mol. The lowest BCUT2D eigenvalue weighted by Crippen LogP contribution is -2.39. The van der Waals surface area contributed by atoms with E-state index >= 15 is 0 Å². The summed E-state index contributed by atoms with van der Waals surface area (Å²) in [5.74, 6) is -0.663. The van der Waals surface area contributed by atoms with Gasteiger partial charge >= 0.3 is 6.18 Å². The minimum Gasteiger partial charge on any atom is -0.467 e. The highest BCUT2D eigenvalue weighted by Crippen LogP contribution is 2.21. The minimum absolute atomic E-state index is 0.0223. The first-order chi connectivity index (χ1) is 9.76. The Balaban J connectivity index is 2.25. The molecule has 0 atom stereocenters. The van der Waals surface area contributed by atoms with E-state index in [2.05, 4.69) is 5.10 Å². The Kier molecular flexibility index (Phi) is 3.92. The number of carbonyl (C=O) groups excluding carboxylic acids is 1. The Morgan fingerprint density at radius 3 is 2.71 bits per heavy atom. The topological polar surface area (TPSA) is 77.3 Å². The summed E-state index contributed by atoms with van der Waals surface area (Å²) in [6, 6.07) is 3.01. The Labute approximate surface area is 117 Å². The molecule has 0 aromatic carbocycles. The standard InChI is InChI=1S/C12H13F3N4O2/c1-18-6-9(16)10(17-18)11(20)19(7-12(13,14)15)5-8-3-2-4-21-8/h2-4,6H,5,7,16H2,1H3. The van der Waals surface area contributed by atoms with Crippen LogP contribution in [0.15, 0.2) is 29.0 Å². The lowest BCUT2D eigenvalue weighted by Gasteiger charge is -2.22. The van der Waals surface area contributed by atoms with E-state index in [4.69, 9.17) is 10.2 Å². The third-order valence-electron chi connectivity index (χ3n) is 2.64. The molecule has 114 valence electrons. The van der Waals surface area contributed by atoms with Gasteiger partial charge in [0.05, 0.1) is 18.5 Å². The van der Waals surface area contributed by atoms with Gasteiger partial charge in [-0.25, -0.2) is 0 Å².